The van der Waals surface area contributed by atoms with Crippen LogP contribution in [-0.2, 0) is 13.0 Å². The number of aromatic nitrogens is 2. The monoisotopic (exact) mass is 362 g/mol. The third-order valence-corrected chi connectivity index (χ3v) is 4.09. The Morgan fingerprint density at radius 2 is 1.74 bits per heavy atom. The molecule has 3 aromatic rings. The van der Waals surface area contributed by atoms with Crippen molar-refractivity contribution in [3.63, 3.8) is 0 Å². The highest BCUT2D eigenvalue weighted by Gasteiger charge is 2.09. The Labute approximate surface area is 158 Å². The van der Waals surface area contributed by atoms with E-state index in [2.05, 4.69) is 20.8 Å². The highest BCUT2D eigenvalue weighted by atomic mass is 16.5. The van der Waals surface area contributed by atoms with Gasteiger partial charge in [-0.15, -0.1) is 10.2 Å². The highest BCUT2D eigenvalue weighted by Crippen LogP contribution is 2.17. The zero-order valence-electron chi connectivity index (χ0n) is 15.2. The fourth-order valence-corrected chi connectivity index (χ4v) is 2.65. The van der Waals surface area contributed by atoms with Crippen LogP contribution in [0.15, 0.2) is 66.7 Å². The summed E-state index contributed by atoms with van der Waals surface area (Å²) >= 11 is 0. The molecule has 6 nitrogen and oxygen atoms in total. The molecule has 0 unspecified atom stereocenters. The molecule has 1 amide bonds. The van der Waals surface area contributed by atoms with Gasteiger partial charge in [-0.3, -0.25) is 4.79 Å². The van der Waals surface area contributed by atoms with E-state index in [1.54, 1.807) is 19.2 Å². The summed E-state index contributed by atoms with van der Waals surface area (Å²) in [5.74, 6) is 1.21. The van der Waals surface area contributed by atoms with Gasteiger partial charge >= 0.3 is 0 Å². The maximum Gasteiger partial charge on any atom is 0.271 e. The van der Waals surface area contributed by atoms with Crippen molar-refractivity contribution in [2.75, 3.05) is 19.0 Å². The van der Waals surface area contributed by atoms with Gasteiger partial charge in [-0.2, -0.15) is 0 Å². The van der Waals surface area contributed by atoms with Crippen LogP contribution in [0.4, 0.5) is 5.82 Å². The number of amides is 1. The zero-order valence-corrected chi connectivity index (χ0v) is 15.2. The number of anilines is 1. The molecule has 0 saturated heterocycles. The van der Waals surface area contributed by atoms with E-state index in [1.165, 1.54) is 0 Å². The van der Waals surface area contributed by atoms with Crippen LogP contribution in [0.2, 0.25) is 0 Å². The third kappa shape index (κ3) is 5.28. The summed E-state index contributed by atoms with van der Waals surface area (Å²) in [6, 6.07) is 21.2. The molecule has 0 saturated carbocycles. The van der Waals surface area contributed by atoms with Gasteiger partial charge in [0.25, 0.3) is 5.91 Å². The molecule has 2 aromatic carbocycles. The first kappa shape index (κ1) is 18.4. The van der Waals surface area contributed by atoms with Crippen LogP contribution in [0.5, 0.6) is 5.75 Å². The number of ether oxygens (including phenoxy) is 1. The highest BCUT2D eigenvalue weighted by molar-refractivity contribution is 5.92. The number of hydrogen-bond donors (Lipinski definition) is 2. The lowest BCUT2D eigenvalue weighted by molar-refractivity contribution is 0.0948. The summed E-state index contributed by atoms with van der Waals surface area (Å²) in [6.07, 6.45) is 0.680. The topological polar surface area (TPSA) is 76.1 Å². The van der Waals surface area contributed by atoms with Crippen molar-refractivity contribution in [1.29, 1.82) is 0 Å². The predicted molar refractivity (Wildman–Crippen MR) is 105 cm³/mol. The van der Waals surface area contributed by atoms with Crippen LogP contribution in [0, 0.1) is 0 Å². The van der Waals surface area contributed by atoms with Crippen LogP contribution in [0.25, 0.3) is 0 Å². The van der Waals surface area contributed by atoms with E-state index in [9.17, 15) is 4.79 Å². The van der Waals surface area contributed by atoms with Crippen LogP contribution < -0.4 is 15.4 Å². The van der Waals surface area contributed by atoms with E-state index in [1.807, 2.05) is 54.6 Å². The number of benzene rings is 2. The normalized spacial score (nSPS) is 10.3. The van der Waals surface area contributed by atoms with Crippen LogP contribution >= 0.6 is 0 Å². The average molecular weight is 362 g/mol. The number of rotatable bonds is 8. The van der Waals surface area contributed by atoms with E-state index in [0.29, 0.717) is 31.0 Å². The molecule has 0 aliphatic carbocycles. The van der Waals surface area contributed by atoms with Crippen molar-refractivity contribution < 1.29 is 9.53 Å². The number of nitrogens with zero attached hydrogens (tertiary/aromatic N) is 2. The average Bonchev–Trinajstić information content (AvgIpc) is 2.73. The van der Waals surface area contributed by atoms with Crippen molar-refractivity contribution in [3.8, 4) is 5.75 Å². The molecule has 0 bridgehead atoms. The molecule has 0 aliphatic rings. The van der Waals surface area contributed by atoms with E-state index < -0.39 is 0 Å². The maximum absolute atomic E-state index is 12.2. The van der Waals surface area contributed by atoms with Crippen molar-refractivity contribution in [2.45, 2.75) is 13.0 Å². The van der Waals surface area contributed by atoms with Crippen molar-refractivity contribution >= 4 is 11.7 Å². The number of carbonyl (C=O) groups is 1. The summed E-state index contributed by atoms with van der Waals surface area (Å²) in [5, 5.41) is 14.1. The maximum atomic E-state index is 12.2. The molecule has 0 fully saturated rings. The fraction of sp³-hybridized carbons (Fsp3) is 0.190. The standard InChI is InChI=1S/C21H22N4O2/c1-27-19-10-6-5-9-17(19)13-14-22-21(26)18-11-12-20(25-24-18)23-15-16-7-3-2-4-8-16/h2-12H,13-15H2,1H3,(H,22,26)(H,23,25). The van der Waals surface area contributed by atoms with Gasteiger partial charge in [-0.1, -0.05) is 48.5 Å². The molecule has 1 heterocycles. The van der Waals surface area contributed by atoms with Crippen molar-refractivity contribution in [1.82, 2.24) is 15.5 Å². The summed E-state index contributed by atoms with van der Waals surface area (Å²) < 4.78 is 5.31. The lowest BCUT2D eigenvalue weighted by Crippen LogP contribution is -2.27. The SMILES string of the molecule is COc1ccccc1CCNC(=O)c1ccc(NCc2ccccc2)nn1. The van der Waals surface area contributed by atoms with Crippen LogP contribution in [0.1, 0.15) is 21.6 Å². The molecule has 0 spiro atoms. The van der Waals surface area contributed by atoms with Gasteiger partial charge in [0.2, 0.25) is 0 Å². The Kier molecular flexibility index (Phi) is 6.35. The Bertz CT molecular complexity index is 867. The molecule has 0 radical (unpaired) electrons. The second kappa shape index (κ2) is 9.33. The number of hydrogen-bond acceptors (Lipinski definition) is 5. The van der Waals surface area contributed by atoms with Gasteiger partial charge in [-0.05, 0) is 35.7 Å². The molecular weight excluding hydrogens is 340 g/mol. The molecule has 0 aliphatic heterocycles. The first-order chi connectivity index (χ1) is 13.3. The van der Waals surface area contributed by atoms with E-state index in [0.717, 1.165) is 16.9 Å². The number of carbonyl (C=O) groups excluding carboxylic acids is 1. The largest absolute Gasteiger partial charge is 0.496 e. The second-order valence-electron chi connectivity index (χ2n) is 5.96. The van der Waals surface area contributed by atoms with Gasteiger partial charge in [0, 0.05) is 13.1 Å². The number of methoxy groups -OCH3 is 1. The third-order valence-electron chi connectivity index (χ3n) is 4.09. The number of nitrogens with one attached hydrogen (secondary N) is 2. The van der Waals surface area contributed by atoms with E-state index >= 15 is 0 Å². The van der Waals surface area contributed by atoms with Gasteiger partial charge < -0.3 is 15.4 Å². The fourth-order valence-electron chi connectivity index (χ4n) is 2.65. The zero-order chi connectivity index (χ0) is 18.9. The second-order valence-corrected chi connectivity index (χ2v) is 5.96. The Morgan fingerprint density at radius 3 is 2.48 bits per heavy atom. The Hall–Kier alpha value is -3.41. The molecule has 2 N–H and O–H groups in total. The summed E-state index contributed by atoms with van der Waals surface area (Å²) in [5.41, 5.74) is 2.49. The molecule has 138 valence electrons. The lowest BCUT2D eigenvalue weighted by Gasteiger charge is -2.09. The van der Waals surface area contributed by atoms with Crippen LogP contribution in [0.3, 0.4) is 0 Å². The minimum absolute atomic E-state index is 0.244. The lowest BCUT2D eigenvalue weighted by atomic mass is 10.1. The Morgan fingerprint density at radius 1 is 0.963 bits per heavy atom. The van der Waals surface area contributed by atoms with E-state index in [4.69, 9.17) is 4.74 Å². The summed E-state index contributed by atoms with van der Waals surface area (Å²) in [7, 11) is 1.64. The smallest absolute Gasteiger partial charge is 0.271 e. The first-order valence-electron chi connectivity index (χ1n) is 8.78. The van der Waals surface area contributed by atoms with Crippen molar-refractivity contribution in [3.05, 3.63) is 83.6 Å². The van der Waals surface area contributed by atoms with Gasteiger partial charge in [-0.25, -0.2) is 0 Å². The molecule has 6 heteroatoms. The van der Waals surface area contributed by atoms with Gasteiger partial charge in [0.1, 0.15) is 11.6 Å². The molecule has 3 rings (SSSR count). The minimum atomic E-state index is -0.244. The summed E-state index contributed by atoms with van der Waals surface area (Å²) in [4.78, 5) is 12.2. The molecule has 27 heavy (non-hydrogen) atoms. The van der Waals surface area contributed by atoms with Gasteiger partial charge in [0.05, 0.1) is 7.11 Å². The molecule has 1 aromatic heterocycles. The molecular formula is C21H22N4O2. The Balaban J connectivity index is 1.48. The summed E-state index contributed by atoms with van der Waals surface area (Å²) in [6.45, 7) is 1.15. The van der Waals surface area contributed by atoms with E-state index in [-0.39, 0.29) is 5.91 Å². The van der Waals surface area contributed by atoms with Crippen LogP contribution in [-0.4, -0.2) is 29.8 Å². The van der Waals surface area contributed by atoms with Crippen molar-refractivity contribution in [2.24, 2.45) is 0 Å². The molecule has 0 atom stereocenters. The first-order valence-corrected chi connectivity index (χ1v) is 8.78. The minimum Gasteiger partial charge on any atom is -0.496 e. The quantitative estimate of drug-likeness (QED) is 0.644. The number of para-hydroxylation sites is 1. The van der Waals surface area contributed by atoms with Gasteiger partial charge in [0.15, 0.2) is 5.69 Å². The predicted octanol–water partition coefficient (Wildman–Crippen LogP) is 3.07.